The quantitative estimate of drug-likeness (QED) is 0.598. The van der Waals surface area contributed by atoms with E-state index in [1.54, 1.807) is 12.4 Å². The predicted molar refractivity (Wildman–Crippen MR) is 104 cm³/mol. The second-order valence-corrected chi connectivity index (χ2v) is 6.30. The van der Waals surface area contributed by atoms with Gasteiger partial charge in [0, 0.05) is 25.0 Å². The Labute approximate surface area is 155 Å². The van der Waals surface area contributed by atoms with Crippen molar-refractivity contribution in [3.63, 3.8) is 0 Å². The van der Waals surface area contributed by atoms with Crippen molar-refractivity contribution in [3.05, 3.63) is 96.1 Å². The molecule has 0 bridgehead atoms. The summed E-state index contributed by atoms with van der Waals surface area (Å²) in [4.78, 5) is 8.88. The molecule has 0 radical (unpaired) electrons. The molecule has 0 fully saturated rings. The second-order valence-electron chi connectivity index (χ2n) is 6.30. The summed E-state index contributed by atoms with van der Waals surface area (Å²) in [6.45, 7) is 3.57. The van der Waals surface area contributed by atoms with Gasteiger partial charge in [0.25, 0.3) is 0 Å². The number of pyridine rings is 2. The van der Waals surface area contributed by atoms with Crippen LogP contribution in [0.4, 0.5) is 0 Å². The van der Waals surface area contributed by atoms with Gasteiger partial charge in [-0.1, -0.05) is 42.5 Å². The summed E-state index contributed by atoms with van der Waals surface area (Å²) >= 11 is 0. The number of nitrogens with one attached hydrogen (secondary N) is 1. The molecule has 2 aromatic heterocycles. The zero-order valence-corrected chi connectivity index (χ0v) is 15.1. The fraction of sp³-hybridized carbons (Fsp3) is 0.273. The van der Waals surface area contributed by atoms with E-state index in [1.165, 1.54) is 5.56 Å². The number of ether oxygens (including phenoxy) is 1. The zero-order chi connectivity index (χ0) is 18.0. The number of hydrogen-bond donors (Lipinski definition) is 1. The molecule has 4 heteroatoms. The van der Waals surface area contributed by atoms with Gasteiger partial charge in [0.2, 0.25) is 0 Å². The fourth-order valence-electron chi connectivity index (χ4n) is 2.91. The molecule has 26 heavy (non-hydrogen) atoms. The van der Waals surface area contributed by atoms with Gasteiger partial charge in [0.15, 0.2) is 0 Å². The van der Waals surface area contributed by atoms with Crippen molar-refractivity contribution < 1.29 is 4.74 Å². The van der Waals surface area contributed by atoms with Crippen LogP contribution in [0.3, 0.4) is 0 Å². The van der Waals surface area contributed by atoms with Crippen molar-refractivity contribution >= 4 is 0 Å². The lowest BCUT2D eigenvalue weighted by Crippen LogP contribution is -2.31. The summed E-state index contributed by atoms with van der Waals surface area (Å²) in [6.07, 6.45) is 4.33. The van der Waals surface area contributed by atoms with Crippen molar-refractivity contribution in [1.29, 1.82) is 0 Å². The van der Waals surface area contributed by atoms with Gasteiger partial charge >= 0.3 is 0 Å². The highest BCUT2D eigenvalue weighted by Gasteiger charge is 2.17. The maximum absolute atomic E-state index is 6.13. The first kappa shape index (κ1) is 18.2. The van der Waals surface area contributed by atoms with Crippen molar-refractivity contribution in [2.45, 2.75) is 25.5 Å². The Hall–Kier alpha value is -2.56. The highest BCUT2D eigenvalue weighted by atomic mass is 16.5. The number of rotatable bonds is 9. The zero-order valence-electron chi connectivity index (χ0n) is 15.1. The molecule has 1 N–H and O–H groups in total. The topological polar surface area (TPSA) is 47.0 Å². The third-order valence-electron chi connectivity index (χ3n) is 4.18. The molecule has 3 rings (SSSR count). The van der Waals surface area contributed by atoms with E-state index in [0.717, 1.165) is 24.4 Å². The fourth-order valence-corrected chi connectivity index (χ4v) is 2.91. The molecular formula is C22H25N3O. The molecule has 1 unspecified atom stereocenters. The van der Waals surface area contributed by atoms with Crippen molar-refractivity contribution in [2.75, 3.05) is 13.2 Å². The average molecular weight is 347 g/mol. The standard InChI is InChI=1S/C22H25N3O/c1-18(17-19-9-3-2-4-10-19)23-15-16-26-22(20-11-5-7-13-24-20)21-12-6-8-14-25-21/h2-14,18,22-23H,15-17H2,1H3. The largest absolute Gasteiger partial charge is 0.364 e. The first-order chi connectivity index (χ1) is 12.8. The molecule has 2 heterocycles. The van der Waals surface area contributed by atoms with E-state index in [1.807, 2.05) is 42.5 Å². The maximum Gasteiger partial charge on any atom is 0.141 e. The van der Waals surface area contributed by atoms with Gasteiger partial charge in [-0.05, 0) is 43.2 Å². The van der Waals surface area contributed by atoms with E-state index in [0.29, 0.717) is 12.6 Å². The van der Waals surface area contributed by atoms with Gasteiger partial charge in [-0.25, -0.2) is 0 Å². The van der Waals surface area contributed by atoms with Crippen molar-refractivity contribution in [2.24, 2.45) is 0 Å². The Morgan fingerprint density at radius 2 is 1.46 bits per heavy atom. The minimum Gasteiger partial charge on any atom is -0.364 e. The van der Waals surface area contributed by atoms with Crippen LogP contribution < -0.4 is 5.32 Å². The third kappa shape index (κ3) is 5.48. The molecule has 0 aliphatic carbocycles. The molecule has 4 nitrogen and oxygen atoms in total. The van der Waals surface area contributed by atoms with Gasteiger partial charge in [0.1, 0.15) is 6.10 Å². The molecule has 1 atom stereocenters. The highest BCUT2D eigenvalue weighted by Crippen LogP contribution is 2.22. The normalized spacial score (nSPS) is 12.2. The van der Waals surface area contributed by atoms with Gasteiger partial charge in [0.05, 0.1) is 18.0 Å². The minimum atomic E-state index is -0.247. The van der Waals surface area contributed by atoms with Crippen LogP contribution in [-0.2, 0) is 11.2 Å². The van der Waals surface area contributed by atoms with Crippen LogP contribution in [0.2, 0.25) is 0 Å². The van der Waals surface area contributed by atoms with Crippen LogP contribution in [-0.4, -0.2) is 29.2 Å². The molecular weight excluding hydrogens is 322 g/mol. The molecule has 0 amide bonds. The molecule has 3 aromatic rings. The van der Waals surface area contributed by atoms with E-state index < -0.39 is 0 Å². The lowest BCUT2D eigenvalue weighted by atomic mass is 10.1. The number of nitrogens with zero attached hydrogens (tertiary/aromatic N) is 2. The molecule has 0 spiro atoms. The Morgan fingerprint density at radius 3 is 2.04 bits per heavy atom. The molecule has 134 valence electrons. The van der Waals surface area contributed by atoms with Gasteiger partial charge in [-0.2, -0.15) is 0 Å². The summed E-state index contributed by atoms with van der Waals surface area (Å²) in [6, 6.07) is 22.6. The van der Waals surface area contributed by atoms with Crippen molar-refractivity contribution in [3.8, 4) is 0 Å². The lowest BCUT2D eigenvalue weighted by Gasteiger charge is -2.19. The predicted octanol–water partition coefficient (Wildman–Crippen LogP) is 3.80. The summed E-state index contributed by atoms with van der Waals surface area (Å²) in [5, 5.41) is 3.52. The average Bonchev–Trinajstić information content (AvgIpc) is 2.70. The Bertz CT molecular complexity index is 711. The Morgan fingerprint density at radius 1 is 0.846 bits per heavy atom. The highest BCUT2D eigenvalue weighted by molar-refractivity contribution is 5.19. The van der Waals surface area contributed by atoms with Crippen LogP contribution in [0.1, 0.15) is 30.0 Å². The van der Waals surface area contributed by atoms with Crippen LogP contribution in [0, 0.1) is 0 Å². The molecule has 0 aliphatic heterocycles. The van der Waals surface area contributed by atoms with Crippen molar-refractivity contribution in [1.82, 2.24) is 15.3 Å². The molecule has 0 aliphatic rings. The number of benzene rings is 1. The van der Waals surface area contributed by atoms with E-state index in [2.05, 4.69) is 46.5 Å². The summed E-state index contributed by atoms with van der Waals surface area (Å²) in [7, 11) is 0. The van der Waals surface area contributed by atoms with E-state index in [9.17, 15) is 0 Å². The summed E-state index contributed by atoms with van der Waals surface area (Å²) < 4.78 is 6.13. The first-order valence-corrected chi connectivity index (χ1v) is 9.03. The molecule has 0 saturated heterocycles. The number of hydrogen-bond acceptors (Lipinski definition) is 4. The smallest absolute Gasteiger partial charge is 0.141 e. The van der Waals surface area contributed by atoms with Crippen LogP contribution in [0.5, 0.6) is 0 Å². The van der Waals surface area contributed by atoms with Gasteiger partial charge in [-0.3, -0.25) is 9.97 Å². The first-order valence-electron chi connectivity index (χ1n) is 9.03. The van der Waals surface area contributed by atoms with Crippen LogP contribution in [0.15, 0.2) is 79.1 Å². The van der Waals surface area contributed by atoms with E-state index in [4.69, 9.17) is 4.74 Å². The molecule has 1 aromatic carbocycles. The Kier molecular flexibility index (Phi) is 6.88. The minimum absolute atomic E-state index is 0.247. The Balaban J connectivity index is 1.52. The number of aromatic nitrogens is 2. The summed E-state index contributed by atoms with van der Waals surface area (Å²) in [5.41, 5.74) is 3.10. The van der Waals surface area contributed by atoms with Gasteiger partial charge in [-0.15, -0.1) is 0 Å². The molecule has 0 saturated carbocycles. The van der Waals surface area contributed by atoms with Crippen LogP contribution in [0.25, 0.3) is 0 Å². The third-order valence-corrected chi connectivity index (χ3v) is 4.18. The van der Waals surface area contributed by atoms with Crippen LogP contribution >= 0.6 is 0 Å². The maximum atomic E-state index is 6.13. The second kappa shape index (κ2) is 9.80. The monoisotopic (exact) mass is 347 g/mol. The SMILES string of the molecule is CC(Cc1ccccc1)NCCOC(c1ccccn1)c1ccccn1. The lowest BCUT2D eigenvalue weighted by molar-refractivity contribution is 0.0753. The van der Waals surface area contributed by atoms with Gasteiger partial charge < -0.3 is 10.1 Å². The van der Waals surface area contributed by atoms with E-state index >= 15 is 0 Å². The summed E-state index contributed by atoms with van der Waals surface area (Å²) in [5.74, 6) is 0. The van der Waals surface area contributed by atoms with E-state index in [-0.39, 0.29) is 6.10 Å².